The minimum atomic E-state index is 0.000635. The summed E-state index contributed by atoms with van der Waals surface area (Å²) in [6.45, 7) is 4.63. The van der Waals surface area contributed by atoms with Gasteiger partial charge in [-0.1, -0.05) is 37.3 Å². The number of amides is 1. The van der Waals surface area contributed by atoms with Crippen LogP contribution in [-0.4, -0.2) is 44.1 Å². The lowest BCUT2D eigenvalue weighted by Crippen LogP contribution is -2.46. The predicted molar refractivity (Wildman–Crippen MR) is 74.8 cm³/mol. The normalized spacial score (nSPS) is 21.2. The van der Waals surface area contributed by atoms with Crippen LogP contribution in [0.4, 0.5) is 0 Å². The van der Waals surface area contributed by atoms with Gasteiger partial charge in [0.15, 0.2) is 0 Å². The molecule has 0 aromatic heterocycles. The molecule has 2 rings (SSSR count). The van der Waals surface area contributed by atoms with Crippen molar-refractivity contribution in [1.82, 2.24) is 10.2 Å². The third-order valence-electron chi connectivity index (χ3n) is 3.48. The molecule has 1 aromatic carbocycles. The summed E-state index contributed by atoms with van der Waals surface area (Å²) >= 11 is 0. The van der Waals surface area contributed by atoms with Gasteiger partial charge in [0.2, 0.25) is 5.91 Å². The van der Waals surface area contributed by atoms with Gasteiger partial charge >= 0.3 is 0 Å². The Morgan fingerprint density at radius 1 is 1.47 bits per heavy atom. The van der Waals surface area contributed by atoms with Crippen LogP contribution in [0.1, 0.15) is 18.6 Å². The van der Waals surface area contributed by atoms with E-state index in [0.29, 0.717) is 26.2 Å². The molecular formula is C15H22N2O2. The average Bonchev–Trinajstić information content (AvgIpc) is 2.48. The maximum absolute atomic E-state index is 12.3. The average molecular weight is 262 g/mol. The molecule has 104 valence electrons. The molecule has 19 heavy (non-hydrogen) atoms. The lowest BCUT2D eigenvalue weighted by Gasteiger charge is -2.34. The molecule has 1 fully saturated rings. The van der Waals surface area contributed by atoms with Crippen molar-refractivity contribution in [1.29, 1.82) is 0 Å². The Hall–Kier alpha value is -1.39. The second-order valence-corrected chi connectivity index (χ2v) is 5.01. The first-order valence-electron chi connectivity index (χ1n) is 6.82. The van der Waals surface area contributed by atoms with Gasteiger partial charge in [0, 0.05) is 19.0 Å². The number of nitrogens with one attached hydrogen (secondary N) is 1. The zero-order valence-electron chi connectivity index (χ0n) is 11.6. The van der Waals surface area contributed by atoms with Gasteiger partial charge in [-0.05, 0) is 12.6 Å². The van der Waals surface area contributed by atoms with E-state index in [9.17, 15) is 4.79 Å². The summed E-state index contributed by atoms with van der Waals surface area (Å²) in [5, 5.41) is 3.05. The largest absolute Gasteiger partial charge is 0.370 e. The first kappa shape index (κ1) is 14.0. The Balaban J connectivity index is 1.99. The number of rotatable bonds is 4. The molecule has 4 nitrogen and oxygen atoms in total. The predicted octanol–water partition coefficient (Wildman–Crippen LogP) is 1.44. The summed E-state index contributed by atoms with van der Waals surface area (Å²) in [5.41, 5.74) is 1.14. The molecule has 0 aliphatic carbocycles. The van der Waals surface area contributed by atoms with E-state index < -0.39 is 0 Å². The van der Waals surface area contributed by atoms with Crippen molar-refractivity contribution in [2.24, 2.45) is 5.92 Å². The maximum Gasteiger partial charge on any atom is 0.226 e. The molecule has 2 unspecified atom stereocenters. The van der Waals surface area contributed by atoms with Gasteiger partial charge < -0.3 is 15.0 Å². The lowest BCUT2D eigenvalue weighted by molar-refractivity contribution is -0.142. The van der Waals surface area contributed by atoms with Gasteiger partial charge in [-0.3, -0.25) is 4.79 Å². The van der Waals surface area contributed by atoms with Crippen LogP contribution >= 0.6 is 0 Å². The molecule has 0 bridgehead atoms. The molecule has 1 aliphatic rings. The van der Waals surface area contributed by atoms with Gasteiger partial charge in [-0.2, -0.15) is 0 Å². The van der Waals surface area contributed by atoms with E-state index in [-0.39, 0.29) is 17.9 Å². The van der Waals surface area contributed by atoms with E-state index in [0.717, 1.165) is 5.56 Å². The van der Waals surface area contributed by atoms with Crippen molar-refractivity contribution >= 4 is 5.91 Å². The Bertz CT molecular complexity index is 408. The van der Waals surface area contributed by atoms with Crippen molar-refractivity contribution in [2.45, 2.75) is 13.0 Å². The molecule has 1 heterocycles. The third kappa shape index (κ3) is 3.55. The van der Waals surface area contributed by atoms with E-state index >= 15 is 0 Å². The number of hydrogen-bond donors (Lipinski definition) is 1. The Kier molecular flexibility index (Phi) is 4.93. The van der Waals surface area contributed by atoms with Crippen LogP contribution in [0.25, 0.3) is 0 Å². The fourth-order valence-electron chi connectivity index (χ4n) is 2.42. The highest BCUT2D eigenvalue weighted by Crippen LogP contribution is 2.22. The summed E-state index contributed by atoms with van der Waals surface area (Å²) in [7, 11) is 1.87. The Morgan fingerprint density at radius 3 is 2.89 bits per heavy atom. The zero-order chi connectivity index (χ0) is 13.7. The minimum Gasteiger partial charge on any atom is -0.370 e. The summed E-state index contributed by atoms with van der Waals surface area (Å²) in [6.07, 6.45) is 0.000635. The molecule has 4 heteroatoms. The number of carbonyl (C=O) groups is 1. The van der Waals surface area contributed by atoms with Crippen LogP contribution < -0.4 is 5.32 Å². The van der Waals surface area contributed by atoms with Crippen LogP contribution in [-0.2, 0) is 9.53 Å². The Labute approximate surface area is 114 Å². The SMILES string of the molecule is CNCC(C)C(=O)N1CCOC(c2ccccc2)C1. The monoisotopic (exact) mass is 262 g/mol. The summed E-state index contributed by atoms with van der Waals surface area (Å²) < 4.78 is 5.77. The molecule has 1 saturated heterocycles. The van der Waals surface area contributed by atoms with Gasteiger partial charge in [0.05, 0.1) is 13.2 Å². The molecule has 0 spiro atoms. The van der Waals surface area contributed by atoms with Gasteiger partial charge in [0.1, 0.15) is 6.10 Å². The van der Waals surface area contributed by atoms with Crippen LogP contribution in [0.3, 0.4) is 0 Å². The highest BCUT2D eigenvalue weighted by atomic mass is 16.5. The maximum atomic E-state index is 12.3. The first-order chi connectivity index (χ1) is 9.22. The number of benzene rings is 1. The Morgan fingerprint density at radius 2 is 2.21 bits per heavy atom. The zero-order valence-corrected chi connectivity index (χ0v) is 11.6. The minimum absolute atomic E-state index is 0.000635. The van der Waals surface area contributed by atoms with Crippen LogP contribution in [0.5, 0.6) is 0 Å². The smallest absolute Gasteiger partial charge is 0.226 e. The lowest BCUT2D eigenvalue weighted by atomic mass is 10.1. The summed E-state index contributed by atoms with van der Waals surface area (Å²) in [6, 6.07) is 10.1. The highest BCUT2D eigenvalue weighted by Gasteiger charge is 2.27. The number of ether oxygens (including phenoxy) is 1. The molecule has 1 aliphatic heterocycles. The van der Waals surface area contributed by atoms with Gasteiger partial charge in [0.25, 0.3) is 0 Å². The standard InChI is InChI=1S/C15H22N2O2/c1-12(10-16-2)15(18)17-8-9-19-14(11-17)13-6-4-3-5-7-13/h3-7,12,14,16H,8-11H2,1-2H3. The van der Waals surface area contributed by atoms with Crippen molar-refractivity contribution in [3.63, 3.8) is 0 Å². The summed E-state index contributed by atoms with van der Waals surface area (Å²) in [5.74, 6) is 0.220. The molecule has 1 N–H and O–H groups in total. The molecular weight excluding hydrogens is 240 g/mol. The summed E-state index contributed by atoms with van der Waals surface area (Å²) in [4.78, 5) is 14.2. The molecule has 1 amide bonds. The second kappa shape index (κ2) is 6.68. The van der Waals surface area contributed by atoms with Gasteiger partial charge in [-0.15, -0.1) is 0 Å². The van der Waals surface area contributed by atoms with E-state index in [4.69, 9.17) is 4.74 Å². The number of carbonyl (C=O) groups excluding carboxylic acids is 1. The molecule has 0 saturated carbocycles. The highest BCUT2D eigenvalue weighted by molar-refractivity contribution is 5.78. The van der Waals surface area contributed by atoms with E-state index in [2.05, 4.69) is 17.4 Å². The van der Waals surface area contributed by atoms with Crippen LogP contribution in [0.2, 0.25) is 0 Å². The number of morpholine rings is 1. The third-order valence-corrected chi connectivity index (χ3v) is 3.48. The molecule has 2 atom stereocenters. The van der Waals surface area contributed by atoms with E-state index in [1.165, 1.54) is 0 Å². The topological polar surface area (TPSA) is 41.6 Å². The van der Waals surface area contributed by atoms with Crippen molar-refractivity contribution < 1.29 is 9.53 Å². The van der Waals surface area contributed by atoms with Crippen molar-refractivity contribution in [3.8, 4) is 0 Å². The quantitative estimate of drug-likeness (QED) is 0.893. The number of nitrogens with zero attached hydrogens (tertiary/aromatic N) is 1. The fraction of sp³-hybridized carbons (Fsp3) is 0.533. The number of hydrogen-bond acceptors (Lipinski definition) is 3. The molecule has 0 radical (unpaired) electrons. The van der Waals surface area contributed by atoms with Crippen molar-refractivity contribution in [2.75, 3.05) is 33.3 Å². The fourth-order valence-corrected chi connectivity index (χ4v) is 2.42. The molecule has 1 aromatic rings. The van der Waals surface area contributed by atoms with Gasteiger partial charge in [-0.25, -0.2) is 0 Å². The van der Waals surface area contributed by atoms with E-state index in [1.807, 2.05) is 37.1 Å². The van der Waals surface area contributed by atoms with Crippen molar-refractivity contribution in [3.05, 3.63) is 35.9 Å². The van der Waals surface area contributed by atoms with E-state index in [1.54, 1.807) is 0 Å². The van der Waals surface area contributed by atoms with Crippen LogP contribution in [0, 0.1) is 5.92 Å². The first-order valence-corrected chi connectivity index (χ1v) is 6.82. The second-order valence-electron chi connectivity index (χ2n) is 5.01. The van der Waals surface area contributed by atoms with Crippen LogP contribution in [0.15, 0.2) is 30.3 Å².